The maximum absolute atomic E-state index is 9.36. The number of benzene rings is 1. The van der Waals surface area contributed by atoms with Crippen molar-refractivity contribution in [3.8, 4) is 5.75 Å². The molecule has 1 aromatic carbocycles. The van der Waals surface area contributed by atoms with Gasteiger partial charge in [0.25, 0.3) is 0 Å². The highest BCUT2D eigenvalue weighted by atomic mass is 35.5. The molecule has 0 aromatic heterocycles. The van der Waals surface area contributed by atoms with E-state index in [1.54, 1.807) is 12.1 Å². The van der Waals surface area contributed by atoms with Crippen molar-refractivity contribution >= 4 is 11.6 Å². The average Bonchev–Trinajstić information content (AvgIpc) is 2.26. The van der Waals surface area contributed by atoms with Crippen LogP contribution in [0.25, 0.3) is 0 Å². The molecule has 0 radical (unpaired) electrons. The lowest BCUT2D eigenvalue weighted by Crippen LogP contribution is -2.49. The van der Waals surface area contributed by atoms with E-state index in [1.807, 2.05) is 32.9 Å². The molecule has 3 N–H and O–H groups in total. The van der Waals surface area contributed by atoms with Gasteiger partial charge in [0, 0.05) is 6.04 Å². The van der Waals surface area contributed by atoms with Crippen LogP contribution in [-0.4, -0.2) is 23.9 Å². The number of hydrogen-bond acceptors (Lipinski definition) is 3. The van der Waals surface area contributed by atoms with Gasteiger partial charge in [-0.1, -0.05) is 44.5 Å². The molecule has 17 heavy (non-hydrogen) atoms. The SMILES string of the molecule is CC(C)(C)C(N)C(CO)Oc1ccccc1Cl. The third kappa shape index (κ3) is 3.87. The smallest absolute Gasteiger partial charge is 0.138 e. The van der Waals surface area contributed by atoms with Crippen LogP contribution in [0.3, 0.4) is 0 Å². The predicted octanol–water partition coefficient (Wildman–Crippen LogP) is 2.45. The molecule has 0 saturated carbocycles. The Kier molecular flexibility index (Phi) is 4.80. The second-order valence-corrected chi connectivity index (χ2v) is 5.57. The first kappa shape index (κ1) is 14.3. The number of aliphatic hydroxyl groups excluding tert-OH is 1. The summed E-state index contributed by atoms with van der Waals surface area (Å²) >= 11 is 6.00. The van der Waals surface area contributed by atoms with Crippen molar-refractivity contribution in [2.75, 3.05) is 6.61 Å². The summed E-state index contributed by atoms with van der Waals surface area (Å²) in [5, 5.41) is 9.88. The van der Waals surface area contributed by atoms with Crippen molar-refractivity contribution in [1.82, 2.24) is 0 Å². The second-order valence-electron chi connectivity index (χ2n) is 5.16. The molecule has 0 aliphatic heterocycles. The van der Waals surface area contributed by atoms with Crippen LogP contribution in [0, 0.1) is 5.41 Å². The fourth-order valence-electron chi connectivity index (χ4n) is 1.49. The summed E-state index contributed by atoms with van der Waals surface area (Å²) in [4.78, 5) is 0. The molecule has 4 heteroatoms. The minimum absolute atomic E-state index is 0.135. The van der Waals surface area contributed by atoms with Crippen LogP contribution in [0.5, 0.6) is 5.75 Å². The van der Waals surface area contributed by atoms with Crippen molar-refractivity contribution in [2.45, 2.75) is 32.9 Å². The number of nitrogens with two attached hydrogens (primary N) is 1. The highest BCUT2D eigenvalue weighted by Gasteiger charge is 2.30. The van der Waals surface area contributed by atoms with Gasteiger partial charge in [0.15, 0.2) is 0 Å². The summed E-state index contributed by atoms with van der Waals surface area (Å²) in [6.45, 7) is 5.90. The Labute approximate surface area is 108 Å². The fourth-order valence-corrected chi connectivity index (χ4v) is 1.67. The van der Waals surface area contributed by atoms with E-state index in [0.717, 1.165) is 0 Å². The van der Waals surface area contributed by atoms with Gasteiger partial charge in [-0.3, -0.25) is 0 Å². The van der Waals surface area contributed by atoms with Crippen LogP contribution in [0.15, 0.2) is 24.3 Å². The lowest BCUT2D eigenvalue weighted by atomic mass is 9.84. The first-order valence-corrected chi connectivity index (χ1v) is 6.01. The van der Waals surface area contributed by atoms with E-state index in [0.29, 0.717) is 10.8 Å². The van der Waals surface area contributed by atoms with E-state index in [9.17, 15) is 5.11 Å². The molecule has 0 aliphatic carbocycles. The molecular weight excluding hydrogens is 238 g/mol. The van der Waals surface area contributed by atoms with Crippen molar-refractivity contribution in [3.05, 3.63) is 29.3 Å². The summed E-state index contributed by atoms with van der Waals surface area (Å²) in [5.74, 6) is 0.549. The monoisotopic (exact) mass is 257 g/mol. The summed E-state index contributed by atoms with van der Waals surface area (Å²) in [7, 11) is 0. The van der Waals surface area contributed by atoms with Crippen LogP contribution < -0.4 is 10.5 Å². The number of para-hydroxylation sites is 1. The quantitative estimate of drug-likeness (QED) is 0.871. The number of aliphatic hydroxyl groups is 1. The Balaban J connectivity index is 2.81. The minimum Gasteiger partial charge on any atom is -0.485 e. The number of ether oxygens (including phenoxy) is 1. The third-order valence-corrected chi connectivity index (χ3v) is 3.01. The maximum atomic E-state index is 9.36. The van der Waals surface area contributed by atoms with Gasteiger partial charge in [-0.25, -0.2) is 0 Å². The van der Waals surface area contributed by atoms with E-state index in [2.05, 4.69) is 0 Å². The summed E-state index contributed by atoms with van der Waals surface area (Å²) < 4.78 is 5.68. The zero-order valence-corrected chi connectivity index (χ0v) is 11.2. The van der Waals surface area contributed by atoms with Gasteiger partial charge >= 0.3 is 0 Å². The first-order valence-electron chi connectivity index (χ1n) is 5.64. The minimum atomic E-state index is -0.463. The van der Waals surface area contributed by atoms with Crippen molar-refractivity contribution in [3.63, 3.8) is 0 Å². The average molecular weight is 258 g/mol. The molecule has 0 spiro atoms. The number of hydrogen-bond donors (Lipinski definition) is 2. The molecule has 0 amide bonds. The van der Waals surface area contributed by atoms with Gasteiger partial charge in [-0.05, 0) is 17.5 Å². The highest BCUT2D eigenvalue weighted by Crippen LogP contribution is 2.27. The molecule has 0 aliphatic rings. The van der Waals surface area contributed by atoms with Crippen molar-refractivity contribution in [2.24, 2.45) is 11.1 Å². The van der Waals surface area contributed by atoms with E-state index < -0.39 is 6.10 Å². The highest BCUT2D eigenvalue weighted by molar-refractivity contribution is 6.32. The van der Waals surface area contributed by atoms with Gasteiger partial charge in [0.2, 0.25) is 0 Å². The summed E-state index contributed by atoms with van der Waals surface area (Å²) in [6.07, 6.45) is -0.463. The van der Waals surface area contributed by atoms with Gasteiger partial charge in [0.05, 0.1) is 11.6 Å². The molecule has 1 rings (SSSR count). The molecular formula is C13H20ClNO2. The lowest BCUT2D eigenvalue weighted by molar-refractivity contribution is 0.0592. The Hall–Kier alpha value is -0.770. The molecule has 1 aromatic rings. The fraction of sp³-hybridized carbons (Fsp3) is 0.538. The normalized spacial score (nSPS) is 15.4. The van der Waals surface area contributed by atoms with Crippen LogP contribution in [-0.2, 0) is 0 Å². The van der Waals surface area contributed by atoms with Crippen LogP contribution >= 0.6 is 11.6 Å². The van der Waals surface area contributed by atoms with Gasteiger partial charge in [0.1, 0.15) is 11.9 Å². The Morgan fingerprint density at radius 1 is 1.35 bits per heavy atom. The van der Waals surface area contributed by atoms with Gasteiger partial charge in [-0.2, -0.15) is 0 Å². The largest absolute Gasteiger partial charge is 0.485 e. The van der Waals surface area contributed by atoms with E-state index in [-0.39, 0.29) is 18.1 Å². The van der Waals surface area contributed by atoms with Crippen LogP contribution in [0.2, 0.25) is 5.02 Å². The molecule has 0 fully saturated rings. The number of rotatable bonds is 4. The summed E-state index contributed by atoms with van der Waals surface area (Å²) in [5.41, 5.74) is 5.93. The van der Waals surface area contributed by atoms with E-state index in [4.69, 9.17) is 22.1 Å². The molecule has 0 heterocycles. The molecule has 2 unspecified atom stereocenters. The first-order chi connectivity index (χ1) is 7.86. The van der Waals surface area contributed by atoms with Crippen LogP contribution in [0.4, 0.5) is 0 Å². The third-order valence-electron chi connectivity index (χ3n) is 2.70. The van der Waals surface area contributed by atoms with Crippen molar-refractivity contribution in [1.29, 1.82) is 0 Å². The molecule has 0 saturated heterocycles. The molecule has 3 nitrogen and oxygen atoms in total. The zero-order chi connectivity index (χ0) is 13.1. The zero-order valence-electron chi connectivity index (χ0n) is 10.5. The molecule has 96 valence electrons. The Bertz CT molecular complexity index is 363. The Morgan fingerprint density at radius 3 is 2.41 bits per heavy atom. The maximum Gasteiger partial charge on any atom is 0.138 e. The second kappa shape index (κ2) is 5.71. The lowest BCUT2D eigenvalue weighted by Gasteiger charge is -2.33. The Morgan fingerprint density at radius 2 is 1.94 bits per heavy atom. The standard InChI is InChI=1S/C13H20ClNO2/c1-13(2,3)12(15)11(8-16)17-10-7-5-4-6-9(10)14/h4-7,11-12,16H,8,15H2,1-3H3. The van der Waals surface area contributed by atoms with Gasteiger partial charge in [-0.15, -0.1) is 0 Å². The molecule has 2 atom stereocenters. The topological polar surface area (TPSA) is 55.5 Å². The van der Waals surface area contributed by atoms with Crippen molar-refractivity contribution < 1.29 is 9.84 Å². The van der Waals surface area contributed by atoms with Crippen LogP contribution in [0.1, 0.15) is 20.8 Å². The van der Waals surface area contributed by atoms with E-state index in [1.165, 1.54) is 0 Å². The number of halogens is 1. The van der Waals surface area contributed by atoms with E-state index >= 15 is 0 Å². The predicted molar refractivity (Wildman–Crippen MR) is 70.4 cm³/mol. The summed E-state index contributed by atoms with van der Waals surface area (Å²) in [6, 6.07) is 6.89. The van der Waals surface area contributed by atoms with Gasteiger partial charge < -0.3 is 15.6 Å². The molecule has 0 bridgehead atoms.